The molecule has 0 saturated carbocycles. The van der Waals surface area contributed by atoms with E-state index in [-0.39, 0.29) is 12.0 Å². The summed E-state index contributed by atoms with van der Waals surface area (Å²) in [6.07, 6.45) is 0.714. The molecule has 1 unspecified atom stereocenters. The van der Waals surface area contributed by atoms with E-state index in [0.29, 0.717) is 19.7 Å². The van der Waals surface area contributed by atoms with E-state index in [2.05, 4.69) is 6.92 Å². The van der Waals surface area contributed by atoms with Crippen LogP contribution in [0.4, 0.5) is 0 Å². The Morgan fingerprint density at radius 1 is 1.00 bits per heavy atom. The fourth-order valence-electron chi connectivity index (χ4n) is 3.53. The van der Waals surface area contributed by atoms with Gasteiger partial charge in [0.15, 0.2) is 17.6 Å². The lowest BCUT2D eigenvalue weighted by Crippen LogP contribution is -2.44. The predicted octanol–water partition coefficient (Wildman–Crippen LogP) is 4.53. The molecule has 0 radical (unpaired) electrons. The molecule has 138 valence electrons. The lowest BCUT2D eigenvalue weighted by molar-refractivity contribution is 0.0464. The largest absolute Gasteiger partial charge is 0.486 e. The van der Waals surface area contributed by atoms with Gasteiger partial charge in [0.25, 0.3) is 5.91 Å². The first kappa shape index (κ1) is 17.4. The highest BCUT2D eigenvalue weighted by molar-refractivity contribution is 6.07. The van der Waals surface area contributed by atoms with Crippen LogP contribution in [0.1, 0.15) is 23.7 Å². The first-order chi connectivity index (χ1) is 13.3. The number of rotatable bonds is 5. The van der Waals surface area contributed by atoms with Crippen LogP contribution in [0.2, 0.25) is 0 Å². The van der Waals surface area contributed by atoms with Crippen LogP contribution < -0.4 is 9.47 Å². The summed E-state index contributed by atoms with van der Waals surface area (Å²) in [6.45, 7) is 3.71. The summed E-state index contributed by atoms with van der Waals surface area (Å²) in [5.74, 6) is 1.54. The molecular weight excluding hydrogens is 338 g/mol. The topological polar surface area (TPSA) is 38.8 Å². The Labute approximate surface area is 159 Å². The summed E-state index contributed by atoms with van der Waals surface area (Å²) in [6, 6.07) is 21.5. The zero-order valence-electron chi connectivity index (χ0n) is 15.4. The molecule has 0 aromatic heterocycles. The molecule has 1 heterocycles. The third kappa shape index (κ3) is 3.61. The van der Waals surface area contributed by atoms with E-state index in [1.165, 1.54) is 0 Å². The monoisotopic (exact) mass is 361 g/mol. The maximum atomic E-state index is 13.3. The molecule has 27 heavy (non-hydrogen) atoms. The molecule has 1 atom stereocenters. The molecule has 4 heteroatoms. The number of carbonyl (C=O) groups is 1. The van der Waals surface area contributed by atoms with Crippen molar-refractivity contribution in [1.29, 1.82) is 0 Å². The van der Waals surface area contributed by atoms with Crippen molar-refractivity contribution >= 4 is 16.7 Å². The van der Waals surface area contributed by atoms with Gasteiger partial charge in [0, 0.05) is 12.1 Å². The minimum Gasteiger partial charge on any atom is -0.486 e. The molecule has 0 N–H and O–H groups in total. The van der Waals surface area contributed by atoms with Crippen molar-refractivity contribution in [2.75, 3.05) is 19.7 Å². The molecule has 0 spiro atoms. The third-order valence-corrected chi connectivity index (χ3v) is 4.79. The Morgan fingerprint density at radius 2 is 1.74 bits per heavy atom. The standard InChI is InChI=1S/C23H23NO3/c1-2-14-24(15-18-16-26-21-12-5-6-13-22(21)27-18)23(25)20-11-7-9-17-8-3-4-10-19(17)20/h3-13,18H,2,14-16H2,1H3. The molecule has 0 fully saturated rings. The fourth-order valence-corrected chi connectivity index (χ4v) is 3.53. The lowest BCUT2D eigenvalue weighted by atomic mass is 10.0. The molecule has 3 aromatic rings. The average molecular weight is 361 g/mol. The predicted molar refractivity (Wildman–Crippen MR) is 106 cm³/mol. The highest BCUT2D eigenvalue weighted by atomic mass is 16.6. The molecule has 0 aliphatic carbocycles. The van der Waals surface area contributed by atoms with E-state index < -0.39 is 0 Å². The second-order valence-electron chi connectivity index (χ2n) is 6.78. The maximum Gasteiger partial charge on any atom is 0.254 e. The van der Waals surface area contributed by atoms with Gasteiger partial charge in [-0.25, -0.2) is 0 Å². The van der Waals surface area contributed by atoms with Crippen LogP contribution >= 0.6 is 0 Å². The van der Waals surface area contributed by atoms with Crippen LogP contribution in [0, 0.1) is 0 Å². The lowest BCUT2D eigenvalue weighted by Gasteiger charge is -2.31. The van der Waals surface area contributed by atoms with Crippen molar-refractivity contribution in [3.63, 3.8) is 0 Å². The number of carbonyl (C=O) groups excluding carboxylic acids is 1. The third-order valence-electron chi connectivity index (χ3n) is 4.79. The Bertz CT molecular complexity index is 948. The van der Waals surface area contributed by atoms with Crippen molar-refractivity contribution in [3.8, 4) is 11.5 Å². The second-order valence-corrected chi connectivity index (χ2v) is 6.78. The fraction of sp³-hybridized carbons (Fsp3) is 0.261. The van der Waals surface area contributed by atoms with Crippen LogP contribution in [0.25, 0.3) is 10.8 Å². The van der Waals surface area contributed by atoms with Crippen LogP contribution in [0.15, 0.2) is 66.7 Å². The smallest absolute Gasteiger partial charge is 0.254 e. The molecule has 4 rings (SSSR count). The minimum atomic E-state index is -0.176. The number of benzene rings is 3. The second kappa shape index (κ2) is 7.70. The number of ether oxygens (including phenoxy) is 2. The van der Waals surface area contributed by atoms with E-state index in [1.807, 2.05) is 71.6 Å². The van der Waals surface area contributed by atoms with Gasteiger partial charge in [-0.1, -0.05) is 55.5 Å². The molecular formula is C23H23NO3. The highest BCUT2D eigenvalue weighted by Gasteiger charge is 2.26. The van der Waals surface area contributed by atoms with Gasteiger partial charge in [-0.05, 0) is 35.4 Å². The maximum absolute atomic E-state index is 13.3. The summed E-state index contributed by atoms with van der Waals surface area (Å²) >= 11 is 0. The Hall–Kier alpha value is -3.01. The summed E-state index contributed by atoms with van der Waals surface area (Å²) in [5, 5.41) is 2.06. The molecule has 3 aromatic carbocycles. The summed E-state index contributed by atoms with van der Waals surface area (Å²) in [4.78, 5) is 15.2. The summed E-state index contributed by atoms with van der Waals surface area (Å²) in [5.41, 5.74) is 0.735. The van der Waals surface area contributed by atoms with Gasteiger partial charge in [-0.3, -0.25) is 4.79 Å². The van der Waals surface area contributed by atoms with Crippen LogP contribution in [0.3, 0.4) is 0 Å². The number of hydrogen-bond acceptors (Lipinski definition) is 3. The van der Waals surface area contributed by atoms with Crippen molar-refractivity contribution in [2.45, 2.75) is 19.4 Å². The quantitative estimate of drug-likeness (QED) is 0.670. The van der Waals surface area contributed by atoms with Gasteiger partial charge in [0.05, 0.1) is 6.54 Å². The first-order valence-corrected chi connectivity index (χ1v) is 9.42. The SMILES string of the molecule is CCCN(CC1COc2ccccc2O1)C(=O)c1cccc2ccccc12. The highest BCUT2D eigenvalue weighted by Crippen LogP contribution is 2.31. The van der Waals surface area contributed by atoms with Gasteiger partial charge in [-0.15, -0.1) is 0 Å². The Balaban J connectivity index is 1.56. The van der Waals surface area contributed by atoms with Crippen molar-refractivity contribution in [2.24, 2.45) is 0 Å². The minimum absolute atomic E-state index is 0.0381. The first-order valence-electron chi connectivity index (χ1n) is 9.42. The van der Waals surface area contributed by atoms with Crippen molar-refractivity contribution < 1.29 is 14.3 Å². The molecule has 0 saturated heterocycles. The molecule has 1 aliphatic heterocycles. The number of hydrogen-bond donors (Lipinski definition) is 0. The molecule has 1 aliphatic rings. The number of fused-ring (bicyclic) bond motifs is 2. The van der Waals surface area contributed by atoms with E-state index >= 15 is 0 Å². The van der Waals surface area contributed by atoms with Gasteiger partial charge in [0.1, 0.15) is 6.61 Å². The Kier molecular flexibility index (Phi) is 4.97. The summed E-state index contributed by atoms with van der Waals surface area (Å²) in [7, 11) is 0. The van der Waals surface area contributed by atoms with Gasteiger partial charge in [0.2, 0.25) is 0 Å². The zero-order chi connectivity index (χ0) is 18.6. The van der Waals surface area contributed by atoms with Gasteiger partial charge < -0.3 is 14.4 Å². The molecule has 0 bridgehead atoms. The number of para-hydroxylation sites is 2. The van der Waals surface area contributed by atoms with Crippen LogP contribution in [-0.2, 0) is 0 Å². The van der Waals surface area contributed by atoms with E-state index in [1.54, 1.807) is 0 Å². The van der Waals surface area contributed by atoms with E-state index in [4.69, 9.17) is 9.47 Å². The van der Waals surface area contributed by atoms with Crippen LogP contribution in [-0.4, -0.2) is 36.6 Å². The van der Waals surface area contributed by atoms with E-state index in [0.717, 1.165) is 34.3 Å². The summed E-state index contributed by atoms with van der Waals surface area (Å²) < 4.78 is 11.9. The zero-order valence-corrected chi connectivity index (χ0v) is 15.4. The molecule has 4 nitrogen and oxygen atoms in total. The van der Waals surface area contributed by atoms with Crippen molar-refractivity contribution in [3.05, 3.63) is 72.3 Å². The average Bonchev–Trinajstić information content (AvgIpc) is 2.72. The normalized spacial score (nSPS) is 15.5. The van der Waals surface area contributed by atoms with Gasteiger partial charge >= 0.3 is 0 Å². The van der Waals surface area contributed by atoms with Crippen LogP contribution in [0.5, 0.6) is 11.5 Å². The number of amides is 1. The van der Waals surface area contributed by atoms with Gasteiger partial charge in [-0.2, -0.15) is 0 Å². The number of nitrogens with zero attached hydrogens (tertiary/aromatic N) is 1. The van der Waals surface area contributed by atoms with E-state index in [9.17, 15) is 4.79 Å². The Morgan fingerprint density at radius 3 is 2.59 bits per heavy atom. The molecule has 1 amide bonds. The van der Waals surface area contributed by atoms with Crippen molar-refractivity contribution in [1.82, 2.24) is 4.90 Å².